The molecule has 0 aromatic carbocycles. The van der Waals surface area contributed by atoms with Gasteiger partial charge in [-0.25, -0.2) is 0 Å². The smallest absolute Gasteiger partial charge is 0.244 e. The molecule has 2 aliphatic rings. The highest BCUT2D eigenvalue weighted by Gasteiger charge is 2.31. The van der Waals surface area contributed by atoms with Crippen LogP contribution >= 0.6 is 11.8 Å². The normalized spacial score (nSPS) is 30.5. The van der Waals surface area contributed by atoms with Gasteiger partial charge in [0.25, 0.3) is 0 Å². The largest absolute Gasteiger partial charge is 0.387 e. The molecule has 1 aliphatic heterocycles. The lowest BCUT2D eigenvalue weighted by Crippen LogP contribution is -2.42. The minimum atomic E-state index is -0.679. The molecule has 90 valence electrons. The lowest BCUT2D eigenvalue weighted by molar-refractivity contribution is -0.117. The third-order valence-corrected chi connectivity index (χ3v) is 4.49. The third kappa shape index (κ3) is 3.25. The summed E-state index contributed by atoms with van der Waals surface area (Å²) in [5.41, 5.74) is 0.493. The highest BCUT2D eigenvalue weighted by atomic mass is 32.2. The zero-order valence-electron chi connectivity index (χ0n) is 9.66. The molecule has 0 spiro atoms. The van der Waals surface area contributed by atoms with Crippen molar-refractivity contribution in [1.82, 2.24) is 5.32 Å². The van der Waals surface area contributed by atoms with E-state index in [-0.39, 0.29) is 5.91 Å². The molecule has 2 fully saturated rings. The molecule has 3 nitrogen and oxygen atoms in total. The van der Waals surface area contributed by atoms with Gasteiger partial charge in [-0.15, -0.1) is 0 Å². The SMILES string of the molecule is CC(=CC(=O)NCC1(O)CCSC1)C1CC1. The van der Waals surface area contributed by atoms with E-state index >= 15 is 0 Å². The second-order valence-electron chi connectivity index (χ2n) is 4.91. The number of carbonyl (C=O) groups is 1. The van der Waals surface area contributed by atoms with Crippen LogP contribution in [0.3, 0.4) is 0 Å². The van der Waals surface area contributed by atoms with Gasteiger partial charge < -0.3 is 10.4 Å². The minimum absolute atomic E-state index is 0.0604. The van der Waals surface area contributed by atoms with Crippen LogP contribution < -0.4 is 5.32 Å². The number of aliphatic hydroxyl groups is 1. The van der Waals surface area contributed by atoms with E-state index in [9.17, 15) is 9.90 Å². The third-order valence-electron chi connectivity index (χ3n) is 3.25. The zero-order chi connectivity index (χ0) is 11.6. The van der Waals surface area contributed by atoms with Crippen LogP contribution in [0.15, 0.2) is 11.6 Å². The average molecular weight is 241 g/mol. The molecule has 1 aliphatic carbocycles. The Morgan fingerprint density at radius 3 is 2.94 bits per heavy atom. The number of hydrogen-bond acceptors (Lipinski definition) is 3. The van der Waals surface area contributed by atoms with Crippen LogP contribution in [0.1, 0.15) is 26.2 Å². The van der Waals surface area contributed by atoms with Gasteiger partial charge in [-0.1, -0.05) is 5.57 Å². The van der Waals surface area contributed by atoms with E-state index in [0.29, 0.717) is 12.5 Å². The van der Waals surface area contributed by atoms with E-state index in [4.69, 9.17) is 0 Å². The molecule has 16 heavy (non-hydrogen) atoms. The van der Waals surface area contributed by atoms with Gasteiger partial charge >= 0.3 is 0 Å². The molecule has 1 heterocycles. The first-order valence-electron chi connectivity index (χ1n) is 5.85. The summed E-state index contributed by atoms with van der Waals surface area (Å²) >= 11 is 1.74. The Balaban J connectivity index is 1.76. The zero-order valence-corrected chi connectivity index (χ0v) is 10.5. The first kappa shape index (κ1) is 12.0. The average Bonchev–Trinajstić information content (AvgIpc) is 3.00. The standard InChI is InChI=1S/C12H19NO2S/c1-9(10-2-3-10)6-11(14)13-7-12(15)4-5-16-8-12/h6,10,15H,2-5,7-8H2,1H3,(H,13,14). The van der Waals surface area contributed by atoms with Crippen molar-refractivity contribution < 1.29 is 9.90 Å². The molecule has 1 atom stereocenters. The monoisotopic (exact) mass is 241 g/mol. The summed E-state index contributed by atoms with van der Waals surface area (Å²) in [4.78, 5) is 11.6. The van der Waals surface area contributed by atoms with Crippen LogP contribution in [0, 0.1) is 5.92 Å². The minimum Gasteiger partial charge on any atom is -0.387 e. The molecule has 1 unspecified atom stereocenters. The Morgan fingerprint density at radius 1 is 1.62 bits per heavy atom. The predicted octanol–water partition coefficient (Wildman–Crippen LogP) is 1.33. The van der Waals surface area contributed by atoms with Crippen molar-refractivity contribution in [3.8, 4) is 0 Å². The lowest BCUT2D eigenvalue weighted by atomic mass is 10.0. The molecule has 0 bridgehead atoms. The number of rotatable bonds is 4. The maximum Gasteiger partial charge on any atom is 0.244 e. The fraction of sp³-hybridized carbons (Fsp3) is 0.750. The first-order valence-corrected chi connectivity index (χ1v) is 7.01. The van der Waals surface area contributed by atoms with Crippen LogP contribution in [-0.4, -0.2) is 34.7 Å². The Labute approximate surface area is 101 Å². The molecule has 4 heteroatoms. The summed E-state index contributed by atoms with van der Waals surface area (Å²) < 4.78 is 0. The fourth-order valence-corrected chi connectivity index (χ4v) is 3.20. The lowest BCUT2D eigenvalue weighted by Gasteiger charge is -2.21. The second kappa shape index (κ2) is 4.80. The van der Waals surface area contributed by atoms with Gasteiger partial charge in [0.2, 0.25) is 5.91 Å². The van der Waals surface area contributed by atoms with Gasteiger partial charge in [-0.2, -0.15) is 11.8 Å². The topological polar surface area (TPSA) is 49.3 Å². The first-order chi connectivity index (χ1) is 7.59. The Kier molecular flexibility index (Phi) is 3.60. The van der Waals surface area contributed by atoms with E-state index < -0.39 is 5.60 Å². The summed E-state index contributed by atoms with van der Waals surface area (Å²) in [6, 6.07) is 0. The van der Waals surface area contributed by atoms with E-state index in [1.165, 1.54) is 18.4 Å². The predicted molar refractivity (Wildman–Crippen MR) is 66.4 cm³/mol. The number of allylic oxidation sites excluding steroid dienone is 1. The molecule has 1 saturated heterocycles. The summed E-state index contributed by atoms with van der Waals surface area (Å²) in [5, 5.41) is 12.8. The molecule has 2 rings (SSSR count). The van der Waals surface area contributed by atoms with Gasteiger partial charge in [-0.05, 0) is 37.9 Å². The van der Waals surface area contributed by atoms with Gasteiger partial charge in [0.15, 0.2) is 0 Å². The van der Waals surface area contributed by atoms with Crippen LogP contribution in [-0.2, 0) is 4.79 Å². The van der Waals surface area contributed by atoms with Crippen LogP contribution in [0.4, 0.5) is 0 Å². The van der Waals surface area contributed by atoms with E-state index in [2.05, 4.69) is 5.32 Å². The van der Waals surface area contributed by atoms with Crippen molar-refractivity contribution in [3.05, 3.63) is 11.6 Å². The van der Waals surface area contributed by atoms with Crippen LogP contribution in [0.25, 0.3) is 0 Å². The molecule has 0 aromatic rings. The van der Waals surface area contributed by atoms with Crippen molar-refractivity contribution in [1.29, 1.82) is 0 Å². The Hall–Kier alpha value is -0.480. The summed E-state index contributed by atoms with van der Waals surface area (Å²) in [6.07, 6.45) is 4.90. The molecule has 1 amide bonds. The Morgan fingerprint density at radius 2 is 2.38 bits per heavy atom. The van der Waals surface area contributed by atoms with Crippen molar-refractivity contribution >= 4 is 17.7 Å². The summed E-state index contributed by atoms with van der Waals surface area (Å²) in [6.45, 7) is 2.39. The maximum atomic E-state index is 11.6. The molecular weight excluding hydrogens is 222 g/mol. The molecule has 0 radical (unpaired) electrons. The van der Waals surface area contributed by atoms with Gasteiger partial charge in [0.1, 0.15) is 0 Å². The van der Waals surface area contributed by atoms with Gasteiger partial charge in [-0.3, -0.25) is 4.79 Å². The quantitative estimate of drug-likeness (QED) is 0.730. The maximum absolute atomic E-state index is 11.6. The fourth-order valence-electron chi connectivity index (χ4n) is 1.90. The Bertz CT molecular complexity index is 304. The molecule has 0 aromatic heterocycles. The second-order valence-corrected chi connectivity index (χ2v) is 6.01. The van der Waals surface area contributed by atoms with E-state index in [1.807, 2.05) is 6.92 Å². The molecule has 2 N–H and O–H groups in total. The molecule has 1 saturated carbocycles. The van der Waals surface area contributed by atoms with Crippen molar-refractivity contribution in [3.63, 3.8) is 0 Å². The van der Waals surface area contributed by atoms with E-state index in [0.717, 1.165) is 17.9 Å². The number of carbonyl (C=O) groups excluding carboxylic acids is 1. The van der Waals surface area contributed by atoms with Gasteiger partial charge in [0, 0.05) is 18.4 Å². The number of hydrogen-bond donors (Lipinski definition) is 2. The number of amides is 1. The van der Waals surface area contributed by atoms with Gasteiger partial charge in [0.05, 0.1) is 5.60 Å². The summed E-state index contributed by atoms with van der Waals surface area (Å²) in [5.74, 6) is 2.30. The van der Waals surface area contributed by atoms with E-state index in [1.54, 1.807) is 17.8 Å². The van der Waals surface area contributed by atoms with Crippen molar-refractivity contribution in [2.45, 2.75) is 31.8 Å². The number of nitrogens with one attached hydrogen (secondary N) is 1. The van der Waals surface area contributed by atoms with Crippen LogP contribution in [0.5, 0.6) is 0 Å². The van der Waals surface area contributed by atoms with Crippen molar-refractivity contribution in [2.75, 3.05) is 18.1 Å². The summed E-state index contributed by atoms with van der Waals surface area (Å²) in [7, 11) is 0. The molecular formula is C12H19NO2S. The highest BCUT2D eigenvalue weighted by molar-refractivity contribution is 7.99. The van der Waals surface area contributed by atoms with Crippen LogP contribution in [0.2, 0.25) is 0 Å². The number of thioether (sulfide) groups is 1. The van der Waals surface area contributed by atoms with Crippen molar-refractivity contribution in [2.24, 2.45) is 5.92 Å². The highest BCUT2D eigenvalue weighted by Crippen LogP contribution is 2.35.